The van der Waals surface area contributed by atoms with Gasteiger partial charge in [0.05, 0.1) is 25.4 Å². The second kappa shape index (κ2) is 15.8. The lowest BCUT2D eigenvalue weighted by atomic mass is 9.82. The van der Waals surface area contributed by atoms with Gasteiger partial charge in [-0.1, -0.05) is 31.1 Å². The number of amides is 1. The van der Waals surface area contributed by atoms with Crippen LogP contribution in [0.4, 0.5) is 0 Å². The van der Waals surface area contributed by atoms with Crippen molar-refractivity contribution in [2.75, 3.05) is 26.8 Å². The molecule has 184 valence electrons. The van der Waals surface area contributed by atoms with Gasteiger partial charge >= 0.3 is 8.25 Å². The lowest BCUT2D eigenvalue weighted by molar-refractivity contribution is -0.120. The number of hydrogen-bond acceptors (Lipinski definition) is 7. The van der Waals surface area contributed by atoms with Crippen LogP contribution < -0.4 is 11.1 Å². The largest absolute Gasteiger partial charge is 0.390 e. The summed E-state index contributed by atoms with van der Waals surface area (Å²) in [4.78, 5) is 11.8. The molecule has 2 aliphatic rings. The highest BCUT2D eigenvalue weighted by Gasteiger charge is 2.38. The summed E-state index contributed by atoms with van der Waals surface area (Å²) in [5.74, 6) is 7.34. The van der Waals surface area contributed by atoms with Crippen LogP contribution in [0.2, 0.25) is 0 Å². The molecule has 1 aliphatic heterocycles. The first-order valence-electron chi connectivity index (χ1n) is 12.0. The fourth-order valence-electron chi connectivity index (χ4n) is 4.51. The highest BCUT2D eigenvalue weighted by molar-refractivity contribution is 7.33. The number of nitrogens with two attached hydrogens (primary N) is 1. The van der Waals surface area contributed by atoms with E-state index in [1.807, 2.05) is 0 Å². The smallest absolute Gasteiger partial charge is 0.318 e. The minimum absolute atomic E-state index is 0.0196. The third-order valence-electron chi connectivity index (χ3n) is 6.35. The van der Waals surface area contributed by atoms with E-state index in [0.717, 1.165) is 57.8 Å². The summed E-state index contributed by atoms with van der Waals surface area (Å²) in [7, 11) is -1.16. The number of unbranched alkanes of at least 4 members (excludes halogenated alkanes) is 2. The molecule has 2 fully saturated rings. The summed E-state index contributed by atoms with van der Waals surface area (Å²) >= 11 is 0. The van der Waals surface area contributed by atoms with Gasteiger partial charge in [0.25, 0.3) is 0 Å². The molecule has 9 heteroatoms. The average molecular weight is 473 g/mol. The van der Waals surface area contributed by atoms with Crippen molar-refractivity contribution < 1.29 is 28.3 Å². The molecule has 8 nitrogen and oxygen atoms in total. The van der Waals surface area contributed by atoms with E-state index in [4.69, 9.17) is 15.0 Å². The van der Waals surface area contributed by atoms with E-state index in [1.165, 1.54) is 7.11 Å². The average Bonchev–Trinajstić information content (AvgIpc) is 3.14. The van der Waals surface area contributed by atoms with Crippen molar-refractivity contribution in [1.29, 1.82) is 0 Å². The van der Waals surface area contributed by atoms with Gasteiger partial charge in [-0.2, -0.15) is 0 Å². The maximum Gasteiger partial charge on any atom is 0.318 e. The Morgan fingerprint density at radius 1 is 1.22 bits per heavy atom. The van der Waals surface area contributed by atoms with E-state index in [1.54, 1.807) is 0 Å². The summed E-state index contributed by atoms with van der Waals surface area (Å²) in [6, 6.07) is 0. The molecule has 0 radical (unpaired) electrons. The molecule has 1 amide bonds. The van der Waals surface area contributed by atoms with Crippen LogP contribution in [-0.4, -0.2) is 56.1 Å². The van der Waals surface area contributed by atoms with E-state index < -0.39 is 20.5 Å². The van der Waals surface area contributed by atoms with Crippen molar-refractivity contribution >= 4 is 14.2 Å². The van der Waals surface area contributed by atoms with E-state index >= 15 is 0 Å². The molecule has 1 heterocycles. The van der Waals surface area contributed by atoms with E-state index in [9.17, 15) is 14.5 Å². The quantitative estimate of drug-likeness (QED) is 0.240. The Morgan fingerprint density at radius 2 is 1.97 bits per heavy atom. The van der Waals surface area contributed by atoms with Crippen LogP contribution in [0.1, 0.15) is 70.6 Å². The van der Waals surface area contributed by atoms with Crippen LogP contribution in [-0.2, 0) is 23.1 Å². The summed E-state index contributed by atoms with van der Waals surface area (Å²) in [5, 5.41) is 13.2. The lowest BCUT2D eigenvalue weighted by Crippen LogP contribution is -2.26. The number of carbonyl (C=O) groups excluding carboxylic acids is 1. The van der Waals surface area contributed by atoms with Crippen molar-refractivity contribution in [3.63, 3.8) is 0 Å². The first-order chi connectivity index (χ1) is 15.5. The molecular formula is C23H41N2O6P. The predicted molar refractivity (Wildman–Crippen MR) is 124 cm³/mol. The fraction of sp³-hybridized carbons (Fsp3) is 0.870. The molecule has 0 aromatic rings. The zero-order valence-electron chi connectivity index (χ0n) is 19.4. The molecule has 1 saturated carbocycles. The Bertz CT molecular complexity index is 628. The van der Waals surface area contributed by atoms with Crippen molar-refractivity contribution in [2.45, 2.75) is 88.9 Å². The lowest BCUT2D eigenvalue weighted by Gasteiger charge is -2.27. The van der Waals surface area contributed by atoms with Crippen LogP contribution in [0.15, 0.2) is 0 Å². The number of hydrogen-bond donors (Lipinski definition) is 3. The molecule has 1 saturated heterocycles. The summed E-state index contributed by atoms with van der Waals surface area (Å²) < 4.78 is 27.2. The molecule has 0 spiro atoms. The molecule has 32 heavy (non-hydrogen) atoms. The van der Waals surface area contributed by atoms with Gasteiger partial charge in [0.2, 0.25) is 5.91 Å². The first-order valence-corrected chi connectivity index (χ1v) is 13.2. The number of rotatable bonds is 11. The highest BCUT2D eigenvalue weighted by Crippen LogP contribution is 2.35. The van der Waals surface area contributed by atoms with Crippen LogP contribution in [0.25, 0.3) is 0 Å². The Balaban J connectivity index is 1.65. The van der Waals surface area contributed by atoms with Gasteiger partial charge in [0.15, 0.2) is 0 Å². The summed E-state index contributed by atoms with van der Waals surface area (Å²) in [6.07, 6.45) is 9.33. The van der Waals surface area contributed by atoms with Gasteiger partial charge in [-0.15, -0.1) is 0 Å². The van der Waals surface area contributed by atoms with Gasteiger partial charge in [0, 0.05) is 25.9 Å². The molecule has 0 aromatic carbocycles. The van der Waals surface area contributed by atoms with Crippen LogP contribution >= 0.6 is 8.25 Å². The van der Waals surface area contributed by atoms with E-state index in [0.29, 0.717) is 37.8 Å². The summed E-state index contributed by atoms with van der Waals surface area (Å²) in [6.45, 7) is 1.19. The zero-order chi connectivity index (χ0) is 23.2. The Hall–Kier alpha value is -0.940. The fourth-order valence-corrected chi connectivity index (χ4v) is 4.93. The minimum Gasteiger partial charge on any atom is -0.390 e. The van der Waals surface area contributed by atoms with Gasteiger partial charge in [-0.3, -0.25) is 9.36 Å². The second-order valence-corrected chi connectivity index (χ2v) is 9.99. The molecule has 0 bridgehead atoms. The van der Waals surface area contributed by atoms with Crippen molar-refractivity contribution in [1.82, 2.24) is 5.32 Å². The van der Waals surface area contributed by atoms with Crippen molar-refractivity contribution in [3.05, 3.63) is 0 Å². The monoisotopic (exact) mass is 472 g/mol. The molecule has 4 N–H and O–H groups in total. The SMILES string of the molecule is CO[PH](=O)OC[C@H]1O[C@@H](C2CCCC(C#CCNC(=O)CCCCCN)CCC2)C[C@H]1O. The molecule has 1 unspecified atom stereocenters. The van der Waals surface area contributed by atoms with E-state index in [2.05, 4.69) is 21.7 Å². The number of ether oxygens (including phenoxy) is 1. The molecule has 2 rings (SSSR count). The maximum atomic E-state index is 11.8. The Kier molecular flexibility index (Phi) is 13.5. The van der Waals surface area contributed by atoms with Gasteiger partial charge < -0.3 is 29.9 Å². The van der Waals surface area contributed by atoms with E-state index in [-0.39, 0.29) is 18.6 Å². The topological polar surface area (TPSA) is 120 Å². The third-order valence-corrected chi connectivity index (χ3v) is 7.09. The molecule has 0 aromatic heterocycles. The number of nitrogens with one attached hydrogen (secondary N) is 1. The van der Waals surface area contributed by atoms with Crippen LogP contribution in [0, 0.1) is 23.7 Å². The zero-order valence-corrected chi connectivity index (χ0v) is 20.4. The van der Waals surface area contributed by atoms with Crippen LogP contribution in [0.5, 0.6) is 0 Å². The normalized spacial score (nSPS) is 29.4. The Labute approximate surface area is 193 Å². The van der Waals surface area contributed by atoms with Crippen LogP contribution in [0.3, 0.4) is 0 Å². The van der Waals surface area contributed by atoms with Gasteiger partial charge in [-0.05, 0) is 51.0 Å². The standard InChI is InChI=1S/C23H41N2O6P/c1-29-32(28)30-17-22-20(26)16-21(31-22)19-11-5-8-18(9-6-12-19)10-7-15-25-23(27)13-3-2-4-14-24/h18-22,26,32H,2-6,8-9,11-17,24H2,1H3,(H,25,27)/t18?,19?,20-,21-,22-/m1/s1. The third kappa shape index (κ3) is 10.3. The predicted octanol–water partition coefficient (Wildman–Crippen LogP) is 2.78. The number of aliphatic hydroxyl groups excluding tert-OH is 1. The Morgan fingerprint density at radius 3 is 2.66 bits per heavy atom. The van der Waals surface area contributed by atoms with Gasteiger partial charge in [0.1, 0.15) is 6.10 Å². The molecule has 1 aliphatic carbocycles. The molecule has 4 atom stereocenters. The number of carbonyl (C=O) groups is 1. The minimum atomic E-state index is -2.50. The summed E-state index contributed by atoms with van der Waals surface area (Å²) in [5.41, 5.74) is 5.46. The first kappa shape index (κ1) is 27.3. The molecular weight excluding hydrogens is 431 g/mol. The second-order valence-electron chi connectivity index (χ2n) is 8.80. The van der Waals surface area contributed by atoms with Crippen molar-refractivity contribution in [2.24, 2.45) is 17.6 Å². The number of aliphatic hydroxyl groups is 1. The highest BCUT2D eigenvalue weighted by atomic mass is 31.1. The van der Waals surface area contributed by atoms with Crippen molar-refractivity contribution in [3.8, 4) is 11.8 Å². The van der Waals surface area contributed by atoms with Gasteiger partial charge in [-0.25, -0.2) is 0 Å². The maximum absolute atomic E-state index is 11.8.